The number of nitrogens with zero attached hydrogens (tertiary/aromatic N) is 4. The number of ether oxygens (including phenoxy) is 1. The number of hydrogen-bond acceptors (Lipinski definition) is 6. The van der Waals surface area contributed by atoms with E-state index in [1.807, 2.05) is 60.1 Å². The van der Waals surface area contributed by atoms with Gasteiger partial charge in [0.1, 0.15) is 10.8 Å². The first-order chi connectivity index (χ1) is 13.7. The summed E-state index contributed by atoms with van der Waals surface area (Å²) in [6, 6.07) is 15.6. The molecule has 0 radical (unpaired) electrons. The third-order valence-electron chi connectivity index (χ3n) is 4.19. The number of para-hydroxylation sites is 1. The molecule has 0 unspecified atom stereocenters. The van der Waals surface area contributed by atoms with Crippen LogP contribution in [0.1, 0.15) is 5.69 Å². The molecule has 142 valence electrons. The first-order valence-electron chi connectivity index (χ1n) is 8.52. The molecular weight excluding hydrogens is 412 g/mol. The Morgan fingerprint density at radius 2 is 1.82 bits per heavy atom. The van der Waals surface area contributed by atoms with E-state index in [1.165, 1.54) is 0 Å². The van der Waals surface area contributed by atoms with E-state index in [0.717, 1.165) is 38.6 Å². The Morgan fingerprint density at radius 1 is 1.07 bits per heavy atom. The molecule has 28 heavy (non-hydrogen) atoms. The summed E-state index contributed by atoms with van der Waals surface area (Å²) in [6.07, 6.45) is 0. The summed E-state index contributed by atoms with van der Waals surface area (Å²) in [5, 5.41) is 13.2. The molecule has 5 nitrogen and oxygen atoms in total. The molecular formula is C20H17ClN4OS2. The maximum absolute atomic E-state index is 6.28. The molecule has 0 aliphatic rings. The number of rotatable bonds is 6. The van der Waals surface area contributed by atoms with Crippen LogP contribution in [0.3, 0.4) is 0 Å². The summed E-state index contributed by atoms with van der Waals surface area (Å²) in [5.74, 6) is 2.26. The highest BCUT2D eigenvalue weighted by molar-refractivity contribution is 7.98. The lowest BCUT2D eigenvalue weighted by Crippen LogP contribution is -1.97. The Balaban J connectivity index is 1.51. The van der Waals surface area contributed by atoms with Crippen molar-refractivity contribution in [3.63, 3.8) is 0 Å². The van der Waals surface area contributed by atoms with Crippen LogP contribution in [-0.2, 0) is 12.8 Å². The molecule has 2 heterocycles. The van der Waals surface area contributed by atoms with Crippen LogP contribution in [0.25, 0.3) is 22.0 Å². The van der Waals surface area contributed by atoms with E-state index in [4.69, 9.17) is 21.3 Å². The summed E-state index contributed by atoms with van der Waals surface area (Å²) < 4.78 is 7.42. The first kappa shape index (κ1) is 19.0. The van der Waals surface area contributed by atoms with E-state index in [-0.39, 0.29) is 0 Å². The molecule has 4 rings (SSSR count). The summed E-state index contributed by atoms with van der Waals surface area (Å²) in [7, 11) is 3.62. The second kappa shape index (κ2) is 8.34. The zero-order valence-electron chi connectivity index (χ0n) is 15.3. The third-order valence-corrected chi connectivity index (χ3v) is 6.50. The van der Waals surface area contributed by atoms with Crippen molar-refractivity contribution in [2.75, 3.05) is 7.11 Å². The second-order valence-corrected chi connectivity index (χ2v) is 8.19. The van der Waals surface area contributed by atoms with Crippen molar-refractivity contribution in [3.8, 4) is 27.7 Å². The lowest BCUT2D eigenvalue weighted by Gasteiger charge is -2.07. The molecule has 0 saturated heterocycles. The van der Waals surface area contributed by atoms with Gasteiger partial charge in [-0.2, -0.15) is 0 Å². The minimum absolute atomic E-state index is 0.707. The Labute approximate surface area is 176 Å². The molecule has 0 bridgehead atoms. The zero-order valence-corrected chi connectivity index (χ0v) is 17.7. The van der Waals surface area contributed by atoms with Gasteiger partial charge in [0.2, 0.25) is 0 Å². The predicted molar refractivity (Wildman–Crippen MR) is 115 cm³/mol. The van der Waals surface area contributed by atoms with Crippen molar-refractivity contribution in [1.82, 2.24) is 19.7 Å². The van der Waals surface area contributed by atoms with E-state index < -0.39 is 0 Å². The van der Waals surface area contributed by atoms with Crippen LogP contribution in [0.2, 0.25) is 5.02 Å². The van der Waals surface area contributed by atoms with Crippen molar-refractivity contribution in [1.29, 1.82) is 0 Å². The molecule has 0 fully saturated rings. The number of thiazole rings is 1. The Morgan fingerprint density at radius 3 is 2.61 bits per heavy atom. The highest BCUT2D eigenvalue weighted by atomic mass is 35.5. The molecule has 2 aromatic heterocycles. The summed E-state index contributed by atoms with van der Waals surface area (Å²) >= 11 is 9.47. The normalized spacial score (nSPS) is 11.0. The molecule has 0 aliphatic heterocycles. The Kier molecular flexibility index (Phi) is 5.66. The Bertz CT molecular complexity index is 1110. The summed E-state index contributed by atoms with van der Waals surface area (Å²) in [5.41, 5.74) is 2.87. The molecule has 0 spiro atoms. The van der Waals surface area contributed by atoms with E-state index >= 15 is 0 Å². The number of methoxy groups -OCH3 is 1. The average molecular weight is 429 g/mol. The topological polar surface area (TPSA) is 52.8 Å². The van der Waals surface area contributed by atoms with E-state index in [0.29, 0.717) is 10.8 Å². The molecule has 8 heteroatoms. The number of aromatic nitrogens is 4. The van der Waals surface area contributed by atoms with Gasteiger partial charge in [0.25, 0.3) is 0 Å². The molecule has 0 atom stereocenters. The average Bonchev–Trinajstić information content (AvgIpc) is 3.33. The van der Waals surface area contributed by atoms with E-state index in [1.54, 1.807) is 30.2 Å². The standard InChI is InChI=1S/C20H17ClN4OS2/c1-25-18(15-8-4-6-10-17(15)26-2)23-24-20(25)28-12-13-11-27-19(22-13)14-7-3-5-9-16(14)21/h3-11H,12H2,1-2H3. The number of halogens is 1. The monoisotopic (exact) mass is 428 g/mol. The van der Waals surface area contributed by atoms with Crippen LogP contribution in [0.4, 0.5) is 0 Å². The molecule has 0 saturated carbocycles. The van der Waals surface area contributed by atoms with Crippen molar-refractivity contribution >= 4 is 34.7 Å². The van der Waals surface area contributed by atoms with Gasteiger partial charge in [0.15, 0.2) is 11.0 Å². The third kappa shape index (κ3) is 3.78. The zero-order chi connectivity index (χ0) is 19.5. The van der Waals surface area contributed by atoms with E-state index in [9.17, 15) is 0 Å². The maximum atomic E-state index is 6.28. The Hall–Kier alpha value is -2.35. The van der Waals surface area contributed by atoms with Gasteiger partial charge in [0, 0.05) is 23.7 Å². The molecule has 2 aromatic carbocycles. The minimum Gasteiger partial charge on any atom is -0.496 e. The summed E-state index contributed by atoms with van der Waals surface area (Å²) in [4.78, 5) is 4.71. The summed E-state index contributed by atoms with van der Waals surface area (Å²) in [6.45, 7) is 0. The number of thioether (sulfide) groups is 1. The van der Waals surface area contributed by atoms with Crippen molar-refractivity contribution in [3.05, 3.63) is 64.6 Å². The van der Waals surface area contributed by atoms with Gasteiger partial charge < -0.3 is 9.30 Å². The SMILES string of the molecule is COc1ccccc1-c1nnc(SCc2csc(-c3ccccc3Cl)n2)n1C. The van der Waals surface area contributed by atoms with Crippen LogP contribution >= 0.6 is 34.7 Å². The lowest BCUT2D eigenvalue weighted by molar-refractivity contribution is 0.416. The second-order valence-electron chi connectivity index (χ2n) is 5.98. The van der Waals surface area contributed by atoms with Gasteiger partial charge in [-0.3, -0.25) is 0 Å². The van der Waals surface area contributed by atoms with Gasteiger partial charge in [-0.1, -0.05) is 53.7 Å². The number of benzene rings is 2. The minimum atomic E-state index is 0.707. The van der Waals surface area contributed by atoms with Gasteiger partial charge in [-0.05, 0) is 18.2 Å². The van der Waals surface area contributed by atoms with Gasteiger partial charge in [-0.25, -0.2) is 4.98 Å². The largest absolute Gasteiger partial charge is 0.496 e. The van der Waals surface area contributed by atoms with Crippen molar-refractivity contribution in [2.45, 2.75) is 10.9 Å². The van der Waals surface area contributed by atoms with Crippen LogP contribution < -0.4 is 4.74 Å². The quantitative estimate of drug-likeness (QED) is 0.376. The van der Waals surface area contributed by atoms with Gasteiger partial charge >= 0.3 is 0 Å². The van der Waals surface area contributed by atoms with Crippen molar-refractivity contribution in [2.24, 2.45) is 7.05 Å². The van der Waals surface area contributed by atoms with Gasteiger partial charge in [0.05, 0.1) is 23.4 Å². The fraction of sp³-hybridized carbons (Fsp3) is 0.150. The smallest absolute Gasteiger partial charge is 0.191 e. The van der Waals surface area contributed by atoms with Crippen LogP contribution in [0, 0.1) is 0 Å². The number of hydrogen-bond donors (Lipinski definition) is 0. The van der Waals surface area contributed by atoms with Crippen LogP contribution in [0.5, 0.6) is 5.75 Å². The van der Waals surface area contributed by atoms with Crippen LogP contribution in [-0.4, -0.2) is 26.9 Å². The lowest BCUT2D eigenvalue weighted by atomic mass is 10.2. The predicted octanol–water partition coefficient (Wildman–Crippen LogP) is 5.56. The highest BCUT2D eigenvalue weighted by Crippen LogP contribution is 2.33. The molecule has 0 N–H and O–H groups in total. The first-order valence-corrected chi connectivity index (χ1v) is 10.8. The molecule has 0 aliphatic carbocycles. The van der Waals surface area contributed by atoms with Crippen molar-refractivity contribution < 1.29 is 4.74 Å². The fourth-order valence-corrected chi connectivity index (χ4v) is 4.82. The maximum Gasteiger partial charge on any atom is 0.191 e. The highest BCUT2D eigenvalue weighted by Gasteiger charge is 2.15. The van der Waals surface area contributed by atoms with Crippen LogP contribution in [0.15, 0.2) is 59.1 Å². The fourth-order valence-electron chi connectivity index (χ4n) is 2.77. The van der Waals surface area contributed by atoms with E-state index in [2.05, 4.69) is 15.6 Å². The molecule has 4 aromatic rings. The molecule has 0 amide bonds. The van der Waals surface area contributed by atoms with Gasteiger partial charge in [-0.15, -0.1) is 21.5 Å².